The van der Waals surface area contributed by atoms with Crippen LogP contribution in [0.1, 0.15) is 29.9 Å². The number of hydrogen-bond donors (Lipinski definition) is 2. The molecule has 5 rings (SSSR count). The molecule has 0 spiro atoms. The molecule has 1 saturated heterocycles. The lowest BCUT2D eigenvalue weighted by molar-refractivity contribution is 0.158. The maximum atomic E-state index is 12.5. The average molecular weight is 416 g/mol. The molecule has 31 heavy (non-hydrogen) atoms. The van der Waals surface area contributed by atoms with E-state index in [-0.39, 0.29) is 31.1 Å². The van der Waals surface area contributed by atoms with E-state index < -0.39 is 6.09 Å². The molecule has 1 atom stereocenters. The summed E-state index contributed by atoms with van der Waals surface area (Å²) in [6.45, 7) is 1.14. The molecule has 0 saturated carbocycles. The Balaban J connectivity index is 1.27. The summed E-state index contributed by atoms with van der Waals surface area (Å²) in [6, 6.07) is 18.3. The minimum Gasteiger partial charge on any atom is -0.448 e. The molecule has 2 aliphatic rings. The van der Waals surface area contributed by atoms with Crippen LogP contribution in [0.2, 0.25) is 0 Å². The number of hydrogen-bond acceptors (Lipinski definition) is 6. The molecule has 0 radical (unpaired) electrons. The summed E-state index contributed by atoms with van der Waals surface area (Å²) < 4.78 is 5.57. The van der Waals surface area contributed by atoms with Gasteiger partial charge in [0.1, 0.15) is 12.4 Å². The van der Waals surface area contributed by atoms with Gasteiger partial charge >= 0.3 is 6.09 Å². The van der Waals surface area contributed by atoms with Crippen molar-refractivity contribution in [2.24, 2.45) is 0 Å². The van der Waals surface area contributed by atoms with E-state index in [9.17, 15) is 9.90 Å². The summed E-state index contributed by atoms with van der Waals surface area (Å²) >= 11 is 0. The van der Waals surface area contributed by atoms with Gasteiger partial charge < -0.3 is 14.7 Å². The number of nitrogens with one attached hydrogen (secondary N) is 1. The van der Waals surface area contributed by atoms with E-state index in [1.165, 1.54) is 22.3 Å². The Morgan fingerprint density at radius 2 is 1.81 bits per heavy atom. The molecule has 3 aromatic rings. The molecule has 1 aromatic heterocycles. The van der Waals surface area contributed by atoms with Gasteiger partial charge in [-0.05, 0) is 41.2 Å². The van der Waals surface area contributed by atoms with Crippen LogP contribution < -0.4 is 10.2 Å². The van der Waals surface area contributed by atoms with Gasteiger partial charge in [-0.2, -0.15) is 4.98 Å². The molecule has 7 heteroatoms. The van der Waals surface area contributed by atoms with Gasteiger partial charge in [-0.1, -0.05) is 48.5 Å². The Morgan fingerprint density at radius 3 is 2.52 bits per heavy atom. The van der Waals surface area contributed by atoms with Crippen LogP contribution in [0, 0.1) is 0 Å². The second kappa shape index (κ2) is 8.35. The third-order valence-corrected chi connectivity index (χ3v) is 6.08. The first-order chi connectivity index (χ1) is 15.2. The first-order valence-corrected chi connectivity index (χ1v) is 10.6. The van der Waals surface area contributed by atoms with Crippen molar-refractivity contribution in [3.8, 4) is 11.1 Å². The number of nitrogens with zero attached hydrogens (tertiary/aromatic N) is 3. The van der Waals surface area contributed by atoms with E-state index >= 15 is 0 Å². The van der Waals surface area contributed by atoms with Crippen molar-refractivity contribution in [2.45, 2.75) is 24.8 Å². The van der Waals surface area contributed by atoms with Gasteiger partial charge in [0, 0.05) is 18.7 Å². The average Bonchev–Trinajstić information content (AvgIpc) is 3.41. The molecule has 1 unspecified atom stereocenters. The van der Waals surface area contributed by atoms with Crippen LogP contribution >= 0.6 is 0 Å². The second-order valence-electron chi connectivity index (χ2n) is 7.86. The van der Waals surface area contributed by atoms with Crippen molar-refractivity contribution >= 4 is 17.9 Å². The van der Waals surface area contributed by atoms with E-state index in [4.69, 9.17) is 4.74 Å². The van der Waals surface area contributed by atoms with Crippen LogP contribution in [0.4, 0.5) is 16.6 Å². The van der Waals surface area contributed by atoms with Crippen molar-refractivity contribution in [3.05, 3.63) is 71.9 Å². The zero-order valence-corrected chi connectivity index (χ0v) is 17.1. The Kier molecular flexibility index (Phi) is 5.26. The van der Waals surface area contributed by atoms with E-state index in [0.29, 0.717) is 5.82 Å². The summed E-state index contributed by atoms with van der Waals surface area (Å²) in [6.07, 6.45) is 2.95. The highest BCUT2D eigenvalue weighted by atomic mass is 16.5. The number of aliphatic hydroxyl groups excluding tert-OH is 1. The third-order valence-electron chi connectivity index (χ3n) is 6.08. The van der Waals surface area contributed by atoms with E-state index in [1.807, 2.05) is 29.2 Å². The maximum Gasteiger partial charge on any atom is 0.414 e. The number of carbonyl (C=O) groups is 1. The summed E-state index contributed by atoms with van der Waals surface area (Å²) in [5.74, 6) is 0.888. The SMILES string of the molecule is O=C(Nc1nccc(N2CCCC2CO)n1)OCC1c2ccccc2-c2ccccc21. The van der Waals surface area contributed by atoms with Crippen molar-refractivity contribution in [1.82, 2.24) is 9.97 Å². The fourth-order valence-electron chi connectivity index (χ4n) is 4.62. The molecule has 2 heterocycles. The standard InChI is InChI=1S/C24H24N4O3/c29-14-16-6-5-13-28(16)22-11-12-25-23(26-22)27-24(30)31-15-21-19-9-3-1-7-17(19)18-8-2-4-10-20(18)21/h1-4,7-12,16,21,29H,5-6,13-15H2,(H,25,26,27,30). The quantitative estimate of drug-likeness (QED) is 0.658. The van der Waals surface area contributed by atoms with Crippen LogP contribution in [0.25, 0.3) is 11.1 Å². The van der Waals surface area contributed by atoms with E-state index in [1.54, 1.807) is 12.3 Å². The van der Waals surface area contributed by atoms with Crippen molar-refractivity contribution < 1.29 is 14.6 Å². The van der Waals surface area contributed by atoms with Crippen LogP contribution in [0.15, 0.2) is 60.8 Å². The van der Waals surface area contributed by atoms with Gasteiger partial charge in [0.25, 0.3) is 0 Å². The van der Waals surface area contributed by atoms with Crippen LogP contribution in [0.3, 0.4) is 0 Å². The molecule has 158 valence electrons. The Bertz CT molecular complexity index is 1060. The zero-order valence-electron chi connectivity index (χ0n) is 17.1. The van der Waals surface area contributed by atoms with Crippen LogP contribution in [0.5, 0.6) is 0 Å². The lowest BCUT2D eigenvalue weighted by Crippen LogP contribution is -2.33. The lowest BCUT2D eigenvalue weighted by Gasteiger charge is -2.24. The van der Waals surface area contributed by atoms with Gasteiger partial charge in [-0.3, -0.25) is 5.32 Å². The molecular weight excluding hydrogens is 392 g/mol. The highest BCUT2D eigenvalue weighted by molar-refractivity contribution is 5.83. The van der Waals surface area contributed by atoms with Gasteiger partial charge in [-0.15, -0.1) is 0 Å². The Hall–Kier alpha value is -3.45. The number of aromatic nitrogens is 2. The van der Waals surface area contributed by atoms with Crippen molar-refractivity contribution in [2.75, 3.05) is 30.0 Å². The number of benzene rings is 2. The molecule has 1 aliphatic carbocycles. The number of rotatable bonds is 5. The van der Waals surface area contributed by atoms with Gasteiger partial charge in [-0.25, -0.2) is 9.78 Å². The van der Waals surface area contributed by atoms with Crippen LogP contribution in [-0.2, 0) is 4.74 Å². The summed E-state index contributed by atoms with van der Waals surface area (Å²) in [5.41, 5.74) is 4.71. The molecule has 0 bridgehead atoms. The van der Waals surface area contributed by atoms with Crippen molar-refractivity contribution in [3.63, 3.8) is 0 Å². The molecule has 1 fully saturated rings. The Morgan fingerprint density at radius 1 is 1.10 bits per heavy atom. The fourth-order valence-corrected chi connectivity index (χ4v) is 4.62. The summed E-state index contributed by atoms with van der Waals surface area (Å²) in [4.78, 5) is 23.1. The molecular formula is C24H24N4O3. The number of amides is 1. The third kappa shape index (κ3) is 3.72. The minimum atomic E-state index is -0.584. The zero-order chi connectivity index (χ0) is 21.2. The predicted octanol–water partition coefficient (Wildman–Crippen LogP) is 3.80. The topological polar surface area (TPSA) is 87.6 Å². The number of ether oxygens (including phenoxy) is 1. The second-order valence-corrected chi connectivity index (χ2v) is 7.86. The van der Waals surface area contributed by atoms with Crippen molar-refractivity contribution in [1.29, 1.82) is 0 Å². The smallest absolute Gasteiger partial charge is 0.414 e. The highest BCUT2D eigenvalue weighted by Gasteiger charge is 2.29. The number of fused-ring (bicyclic) bond motifs is 3. The normalized spacial score (nSPS) is 17.3. The Labute approximate surface area is 180 Å². The van der Waals surface area contributed by atoms with Gasteiger partial charge in [0.15, 0.2) is 0 Å². The number of aliphatic hydroxyl groups is 1. The molecule has 1 amide bonds. The van der Waals surface area contributed by atoms with E-state index in [0.717, 1.165) is 19.4 Å². The minimum absolute atomic E-state index is 0.000292. The summed E-state index contributed by atoms with van der Waals surface area (Å²) in [7, 11) is 0. The summed E-state index contributed by atoms with van der Waals surface area (Å²) in [5, 5.41) is 12.2. The molecule has 2 aromatic carbocycles. The van der Waals surface area contributed by atoms with Gasteiger partial charge in [0.05, 0.1) is 12.6 Å². The highest BCUT2D eigenvalue weighted by Crippen LogP contribution is 2.44. The lowest BCUT2D eigenvalue weighted by atomic mass is 9.98. The predicted molar refractivity (Wildman–Crippen MR) is 118 cm³/mol. The number of anilines is 2. The molecule has 2 N–H and O–H groups in total. The largest absolute Gasteiger partial charge is 0.448 e. The molecule has 1 aliphatic heterocycles. The molecule has 7 nitrogen and oxygen atoms in total. The fraction of sp³-hybridized carbons (Fsp3) is 0.292. The van der Waals surface area contributed by atoms with Gasteiger partial charge in [0.2, 0.25) is 5.95 Å². The van der Waals surface area contributed by atoms with E-state index in [2.05, 4.69) is 39.6 Å². The first-order valence-electron chi connectivity index (χ1n) is 10.6. The first kappa shape index (κ1) is 19.5. The monoisotopic (exact) mass is 416 g/mol. The van der Waals surface area contributed by atoms with Crippen LogP contribution in [-0.4, -0.2) is 47.0 Å². The number of carbonyl (C=O) groups excluding carboxylic acids is 1. The maximum absolute atomic E-state index is 12.5.